The topological polar surface area (TPSA) is 104 Å². The highest BCUT2D eigenvalue weighted by atomic mass is 35.5. The number of ketones is 1. The first-order valence-electron chi connectivity index (χ1n) is 10.7. The summed E-state index contributed by atoms with van der Waals surface area (Å²) in [7, 11) is 0. The zero-order valence-corrected chi connectivity index (χ0v) is 19.4. The number of aromatic amines is 1. The molecule has 0 aliphatic rings. The predicted molar refractivity (Wildman–Crippen MR) is 132 cm³/mol. The van der Waals surface area contributed by atoms with E-state index in [1.54, 1.807) is 80.8 Å². The van der Waals surface area contributed by atoms with Crippen LogP contribution in [-0.4, -0.2) is 34.1 Å². The summed E-state index contributed by atoms with van der Waals surface area (Å²) >= 11 is 5.93. The van der Waals surface area contributed by atoms with Crippen molar-refractivity contribution in [1.29, 1.82) is 0 Å². The summed E-state index contributed by atoms with van der Waals surface area (Å²) in [6.07, 6.45) is 3.36. The van der Waals surface area contributed by atoms with Crippen LogP contribution in [0.5, 0.6) is 0 Å². The van der Waals surface area contributed by atoms with Crippen LogP contribution < -0.4 is 10.6 Å². The molecular formula is C26H23ClN4O3. The third kappa shape index (κ3) is 4.84. The van der Waals surface area contributed by atoms with E-state index in [-0.39, 0.29) is 24.1 Å². The number of anilines is 1. The van der Waals surface area contributed by atoms with E-state index < -0.39 is 5.41 Å². The largest absolute Gasteiger partial charge is 0.348 e. The lowest BCUT2D eigenvalue weighted by atomic mass is 9.83. The molecule has 3 N–H and O–H groups in total. The molecule has 34 heavy (non-hydrogen) atoms. The molecule has 0 saturated heterocycles. The monoisotopic (exact) mass is 474 g/mol. The quantitative estimate of drug-likeness (QED) is 0.336. The second-order valence-corrected chi connectivity index (χ2v) is 8.80. The number of carbonyl (C=O) groups excluding carboxylic acids is 3. The molecule has 0 aliphatic heterocycles. The van der Waals surface area contributed by atoms with Gasteiger partial charge in [0.1, 0.15) is 5.65 Å². The van der Waals surface area contributed by atoms with Crippen LogP contribution >= 0.6 is 11.6 Å². The van der Waals surface area contributed by atoms with Crippen LogP contribution in [0.15, 0.2) is 73.1 Å². The van der Waals surface area contributed by atoms with Gasteiger partial charge in [-0.15, -0.1) is 0 Å². The lowest BCUT2D eigenvalue weighted by molar-refractivity contribution is -0.125. The molecular weight excluding hydrogens is 452 g/mol. The Labute approximate surface area is 201 Å². The normalized spacial score (nSPS) is 11.3. The van der Waals surface area contributed by atoms with Crippen molar-refractivity contribution < 1.29 is 14.4 Å². The van der Waals surface area contributed by atoms with E-state index in [2.05, 4.69) is 20.6 Å². The van der Waals surface area contributed by atoms with Gasteiger partial charge in [0, 0.05) is 33.9 Å². The zero-order chi connectivity index (χ0) is 24.3. The fraction of sp³-hybridized carbons (Fsp3) is 0.154. The SMILES string of the molecule is CC(C)(C(=O)NCC(=O)c1ccc(C(=O)Nc2ccnc3[nH]ccc23)cc1)c1ccc(Cl)cc1. The number of carbonyl (C=O) groups is 3. The van der Waals surface area contributed by atoms with Crippen molar-refractivity contribution in [2.75, 3.05) is 11.9 Å². The fourth-order valence-corrected chi connectivity index (χ4v) is 3.68. The number of aromatic nitrogens is 2. The highest BCUT2D eigenvalue weighted by Gasteiger charge is 2.30. The molecule has 0 aliphatic carbocycles. The van der Waals surface area contributed by atoms with Gasteiger partial charge in [0.25, 0.3) is 5.91 Å². The van der Waals surface area contributed by atoms with Crippen molar-refractivity contribution in [1.82, 2.24) is 15.3 Å². The van der Waals surface area contributed by atoms with Crippen molar-refractivity contribution in [2.24, 2.45) is 0 Å². The second-order valence-electron chi connectivity index (χ2n) is 8.37. The fourth-order valence-electron chi connectivity index (χ4n) is 3.55. The summed E-state index contributed by atoms with van der Waals surface area (Å²) in [6, 6.07) is 16.9. The van der Waals surface area contributed by atoms with E-state index in [1.807, 2.05) is 6.07 Å². The number of hydrogen-bond acceptors (Lipinski definition) is 4. The maximum atomic E-state index is 12.7. The molecule has 0 atom stereocenters. The van der Waals surface area contributed by atoms with E-state index in [4.69, 9.17) is 11.6 Å². The second kappa shape index (κ2) is 9.49. The highest BCUT2D eigenvalue weighted by Crippen LogP contribution is 2.25. The molecule has 7 nitrogen and oxygen atoms in total. The molecule has 0 fully saturated rings. The molecule has 4 rings (SSSR count). The predicted octanol–water partition coefficient (Wildman–Crippen LogP) is 4.75. The molecule has 0 spiro atoms. The van der Waals surface area contributed by atoms with Crippen LogP contribution in [0.3, 0.4) is 0 Å². The average Bonchev–Trinajstić information content (AvgIpc) is 3.32. The van der Waals surface area contributed by atoms with E-state index in [9.17, 15) is 14.4 Å². The number of rotatable bonds is 7. The lowest BCUT2D eigenvalue weighted by Gasteiger charge is -2.24. The number of amides is 2. The van der Waals surface area contributed by atoms with Crippen molar-refractivity contribution in [3.05, 3.63) is 94.8 Å². The van der Waals surface area contributed by atoms with Gasteiger partial charge in [-0.3, -0.25) is 14.4 Å². The smallest absolute Gasteiger partial charge is 0.255 e. The van der Waals surface area contributed by atoms with Crippen molar-refractivity contribution in [3.63, 3.8) is 0 Å². The van der Waals surface area contributed by atoms with Crippen LogP contribution in [0.2, 0.25) is 5.02 Å². The Morgan fingerprint density at radius 1 is 0.941 bits per heavy atom. The molecule has 2 aromatic heterocycles. The number of pyridine rings is 1. The number of nitrogens with zero attached hydrogens (tertiary/aromatic N) is 1. The number of Topliss-reactive ketones (excluding diaryl/α,β-unsaturated/α-hetero) is 1. The molecule has 0 saturated carbocycles. The molecule has 0 unspecified atom stereocenters. The van der Waals surface area contributed by atoms with Gasteiger partial charge in [-0.2, -0.15) is 0 Å². The van der Waals surface area contributed by atoms with Crippen LogP contribution in [0.4, 0.5) is 5.69 Å². The number of hydrogen-bond donors (Lipinski definition) is 3. The van der Waals surface area contributed by atoms with Crippen LogP contribution in [0, 0.1) is 0 Å². The summed E-state index contributed by atoms with van der Waals surface area (Å²) < 4.78 is 0. The minimum atomic E-state index is -0.829. The molecule has 4 aromatic rings. The standard InChI is InChI=1S/C26H23ClN4O3/c1-26(2,18-7-9-19(27)10-8-18)25(34)30-15-22(32)16-3-5-17(6-4-16)24(33)31-21-12-14-29-23-20(21)11-13-28-23/h3-14H,15H2,1-2H3,(H,30,34)(H2,28,29,31,33). The first-order valence-corrected chi connectivity index (χ1v) is 11.0. The van der Waals surface area contributed by atoms with Gasteiger partial charge in [-0.25, -0.2) is 4.98 Å². The van der Waals surface area contributed by atoms with Crippen LogP contribution in [0.1, 0.15) is 40.1 Å². The van der Waals surface area contributed by atoms with Gasteiger partial charge in [-0.05, 0) is 55.8 Å². The number of nitrogens with one attached hydrogen (secondary N) is 3. The first kappa shape index (κ1) is 23.2. The maximum absolute atomic E-state index is 12.7. The van der Waals surface area contributed by atoms with Crippen molar-refractivity contribution in [3.8, 4) is 0 Å². The van der Waals surface area contributed by atoms with Crippen molar-refractivity contribution in [2.45, 2.75) is 19.3 Å². The van der Waals surface area contributed by atoms with Gasteiger partial charge >= 0.3 is 0 Å². The van der Waals surface area contributed by atoms with E-state index in [0.29, 0.717) is 27.5 Å². The first-order chi connectivity index (χ1) is 16.3. The van der Waals surface area contributed by atoms with E-state index >= 15 is 0 Å². The summed E-state index contributed by atoms with van der Waals surface area (Å²) in [5.74, 6) is -0.825. The summed E-state index contributed by atoms with van der Waals surface area (Å²) in [6.45, 7) is 3.42. The minimum absolute atomic E-state index is 0.149. The van der Waals surface area contributed by atoms with E-state index in [1.165, 1.54) is 0 Å². The minimum Gasteiger partial charge on any atom is -0.348 e. The number of halogens is 1. The maximum Gasteiger partial charge on any atom is 0.255 e. The summed E-state index contributed by atoms with van der Waals surface area (Å²) in [5, 5.41) is 6.97. The van der Waals surface area contributed by atoms with E-state index in [0.717, 1.165) is 10.9 Å². The van der Waals surface area contributed by atoms with Crippen LogP contribution in [-0.2, 0) is 10.2 Å². The van der Waals surface area contributed by atoms with Crippen molar-refractivity contribution >= 4 is 45.9 Å². The molecule has 0 bridgehead atoms. The van der Waals surface area contributed by atoms with Gasteiger partial charge in [0.05, 0.1) is 17.6 Å². The third-order valence-electron chi connectivity index (χ3n) is 5.72. The van der Waals surface area contributed by atoms with Crippen LogP contribution in [0.25, 0.3) is 11.0 Å². The summed E-state index contributed by atoms with van der Waals surface area (Å²) in [5.41, 5.74) is 2.10. The van der Waals surface area contributed by atoms with Gasteiger partial charge in [0.15, 0.2) is 5.78 Å². The summed E-state index contributed by atoms with van der Waals surface area (Å²) in [4.78, 5) is 45.2. The Morgan fingerprint density at radius 2 is 1.62 bits per heavy atom. The Balaban J connectivity index is 1.37. The number of fused-ring (bicyclic) bond motifs is 1. The Bertz CT molecular complexity index is 1360. The molecule has 2 aromatic carbocycles. The van der Waals surface area contributed by atoms with Gasteiger partial charge < -0.3 is 15.6 Å². The van der Waals surface area contributed by atoms with Gasteiger partial charge in [0.2, 0.25) is 5.91 Å². The van der Waals surface area contributed by atoms with Gasteiger partial charge in [-0.1, -0.05) is 35.9 Å². The molecule has 0 radical (unpaired) electrons. The zero-order valence-electron chi connectivity index (χ0n) is 18.7. The third-order valence-corrected chi connectivity index (χ3v) is 5.97. The molecule has 8 heteroatoms. The molecule has 172 valence electrons. The molecule has 2 heterocycles. The Kier molecular flexibility index (Phi) is 6.47. The molecule has 2 amide bonds. The highest BCUT2D eigenvalue weighted by molar-refractivity contribution is 6.30. The Morgan fingerprint density at radius 3 is 2.32 bits per heavy atom. The Hall–Kier alpha value is -3.97. The average molecular weight is 475 g/mol. The lowest BCUT2D eigenvalue weighted by Crippen LogP contribution is -2.42. The number of H-pyrrole nitrogens is 1. The number of benzene rings is 2.